The number of imidazole rings is 1. The Bertz CT molecular complexity index is 1220. The highest BCUT2D eigenvalue weighted by molar-refractivity contribution is 5.77. The van der Waals surface area contributed by atoms with E-state index in [1.807, 2.05) is 28.8 Å². The van der Waals surface area contributed by atoms with E-state index < -0.39 is 0 Å². The number of hydrogen-bond donors (Lipinski definition) is 0. The Labute approximate surface area is 194 Å². The number of hydrogen-bond acceptors (Lipinski definition) is 5. The van der Waals surface area contributed by atoms with Crippen LogP contribution in [0.4, 0.5) is 11.6 Å². The molecule has 8 heteroatoms. The topological polar surface area (TPSA) is 74.3 Å². The summed E-state index contributed by atoms with van der Waals surface area (Å²) in [6.45, 7) is 6.30. The molecule has 1 aliphatic rings. The standard InChI is InChI=1S/C25H35N5O3/c1-5-6-7-8-9-10-15-28-23(31)21-22(27(3)25(28)32)26-24-29(16-18(2)17-30(21)24)19-11-13-20(33-4)14-12-19/h11-14,18H,5-10,15-17H2,1-4H3. The SMILES string of the molecule is CCCCCCCCn1c(=O)c2c(nc3n2CC(C)CN3c2ccc(OC)cc2)n(C)c1=O. The molecule has 8 nitrogen and oxygen atoms in total. The Hall–Kier alpha value is -3.03. The van der Waals surface area contributed by atoms with Crippen molar-refractivity contribution in [2.24, 2.45) is 13.0 Å². The van der Waals surface area contributed by atoms with Crippen molar-refractivity contribution in [3.05, 3.63) is 45.1 Å². The number of unbranched alkanes of at least 4 members (excludes halogenated alkanes) is 5. The predicted molar refractivity (Wildman–Crippen MR) is 132 cm³/mol. The number of nitrogens with zero attached hydrogens (tertiary/aromatic N) is 5. The Balaban J connectivity index is 1.72. The van der Waals surface area contributed by atoms with Gasteiger partial charge in [0.15, 0.2) is 11.2 Å². The van der Waals surface area contributed by atoms with E-state index in [1.165, 1.54) is 28.4 Å². The fourth-order valence-electron chi connectivity index (χ4n) is 4.73. The second-order valence-corrected chi connectivity index (χ2v) is 9.17. The minimum absolute atomic E-state index is 0.232. The number of methoxy groups -OCH3 is 1. The van der Waals surface area contributed by atoms with Gasteiger partial charge in [0, 0.05) is 32.4 Å². The van der Waals surface area contributed by atoms with Gasteiger partial charge in [-0.15, -0.1) is 0 Å². The smallest absolute Gasteiger partial charge is 0.332 e. The summed E-state index contributed by atoms with van der Waals surface area (Å²) >= 11 is 0. The van der Waals surface area contributed by atoms with E-state index in [-0.39, 0.29) is 11.2 Å². The van der Waals surface area contributed by atoms with Crippen LogP contribution in [-0.2, 0) is 20.1 Å². The van der Waals surface area contributed by atoms with Gasteiger partial charge in [0.25, 0.3) is 5.56 Å². The average molecular weight is 454 g/mol. The molecule has 1 unspecified atom stereocenters. The zero-order valence-corrected chi connectivity index (χ0v) is 20.2. The number of benzene rings is 1. The van der Waals surface area contributed by atoms with Gasteiger partial charge >= 0.3 is 5.69 Å². The second-order valence-electron chi connectivity index (χ2n) is 9.17. The summed E-state index contributed by atoms with van der Waals surface area (Å²) in [5.41, 5.74) is 1.43. The highest BCUT2D eigenvalue weighted by Gasteiger charge is 2.29. The van der Waals surface area contributed by atoms with Crippen LogP contribution < -0.4 is 20.9 Å². The summed E-state index contributed by atoms with van der Waals surface area (Å²) in [6, 6.07) is 7.84. The van der Waals surface area contributed by atoms with Crippen molar-refractivity contribution in [1.82, 2.24) is 18.7 Å². The Morgan fingerprint density at radius 3 is 2.42 bits per heavy atom. The van der Waals surface area contributed by atoms with E-state index in [2.05, 4.69) is 18.7 Å². The molecule has 0 spiro atoms. The van der Waals surface area contributed by atoms with Crippen molar-refractivity contribution in [1.29, 1.82) is 0 Å². The van der Waals surface area contributed by atoms with Crippen LogP contribution in [0.3, 0.4) is 0 Å². The highest BCUT2D eigenvalue weighted by atomic mass is 16.5. The van der Waals surface area contributed by atoms with E-state index in [0.29, 0.717) is 36.1 Å². The van der Waals surface area contributed by atoms with Gasteiger partial charge < -0.3 is 14.2 Å². The molecular weight excluding hydrogens is 418 g/mol. The molecule has 0 radical (unpaired) electrons. The lowest BCUT2D eigenvalue weighted by molar-refractivity contribution is 0.414. The van der Waals surface area contributed by atoms with Gasteiger partial charge in [0.05, 0.1) is 7.11 Å². The quantitative estimate of drug-likeness (QED) is 0.457. The molecule has 178 valence electrons. The molecule has 2 aromatic heterocycles. The third kappa shape index (κ3) is 4.43. The third-order valence-corrected chi connectivity index (χ3v) is 6.56. The van der Waals surface area contributed by atoms with Gasteiger partial charge in [-0.05, 0) is 36.6 Å². The molecule has 33 heavy (non-hydrogen) atoms. The van der Waals surface area contributed by atoms with Gasteiger partial charge in [0.2, 0.25) is 5.95 Å². The van der Waals surface area contributed by atoms with Gasteiger partial charge in [0.1, 0.15) is 5.75 Å². The molecule has 4 rings (SSSR count). The fraction of sp³-hybridized carbons (Fsp3) is 0.560. The highest BCUT2D eigenvalue weighted by Crippen LogP contribution is 2.33. The lowest BCUT2D eigenvalue weighted by Crippen LogP contribution is -2.40. The number of rotatable bonds is 9. The lowest BCUT2D eigenvalue weighted by Gasteiger charge is -2.33. The molecule has 0 saturated carbocycles. The maximum atomic E-state index is 13.5. The summed E-state index contributed by atoms with van der Waals surface area (Å²) < 4.78 is 10.2. The van der Waals surface area contributed by atoms with Crippen LogP contribution >= 0.6 is 0 Å². The van der Waals surface area contributed by atoms with Gasteiger partial charge in [-0.25, -0.2) is 4.79 Å². The van der Waals surface area contributed by atoms with E-state index in [0.717, 1.165) is 37.2 Å². The molecule has 0 aliphatic carbocycles. The number of aryl methyl sites for hydroxylation is 1. The van der Waals surface area contributed by atoms with Crippen molar-refractivity contribution < 1.29 is 4.74 Å². The van der Waals surface area contributed by atoms with Crippen LogP contribution in [0.25, 0.3) is 11.2 Å². The first kappa shape index (κ1) is 23.1. The number of aromatic nitrogens is 4. The van der Waals surface area contributed by atoms with E-state index in [9.17, 15) is 9.59 Å². The molecule has 3 heterocycles. The summed E-state index contributed by atoms with van der Waals surface area (Å²) in [5, 5.41) is 0. The second kappa shape index (κ2) is 9.85. The summed E-state index contributed by atoms with van der Waals surface area (Å²) in [4.78, 5) is 33.4. The maximum absolute atomic E-state index is 13.5. The molecule has 0 bridgehead atoms. The van der Waals surface area contributed by atoms with Gasteiger partial charge in [-0.2, -0.15) is 4.98 Å². The zero-order chi connectivity index (χ0) is 23.5. The van der Waals surface area contributed by atoms with Crippen molar-refractivity contribution in [3.63, 3.8) is 0 Å². The third-order valence-electron chi connectivity index (χ3n) is 6.56. The molecule has 0 saturated heterocycles. The van der Waals surface area contributed by atoms with Crippen LogP contribution in [0, 0.1) is 5.92 Å². The normalized spacial score (nSPS) is 15.8. The van der Waals surface area contributed by atoms with Gasteiger partial charge in [-0.1, -0.05) is 46.0 Å². The first-order valence-corrected chi connectivity index (χ1v) is 12.1. The maximum Gasteiger partial charge on any atom is 0.332 e. The molecule has 0 fully saturated rings. The summed E-state index contributed by atoms with van der Waals surface area (Å²) in [7, 11) is 3.36. The number of ether oxygens (including phenoxy) is 1. The Morgan fingerprint density at radius 2 is 1.73 bits per heavy atom. The van der Waals surface area contributed by atoms with Crippen LogP contribution in [0.1, 0.15) is 52.4 Å². The fourth-order valence-corrected chi connectivity index (χ4v) is 4.73. The van der Waals surface area contributed by atoms with Crippen LogP contribution in [0.5, 0.6) is 5.75 Å². The molecule has 0 amide bonds. The largest absolute Gasteiger partial charge is 0.497 e. The Morgan fingerprint density at radius 1 is 1.03 bits per heavy atom. The van der Waals surface area contributed by atoms with Gasteiger partial charge in [-0.3, -0.25) is 13.9 Å². The van der Waals surface area contributed by atoms with Crippen molar-refractivity contribution in [2.75, 3.05) is 18.6 Å². The Kier molecular flexibility index (Phi) is 6.91. The molecule has 3 aromatic rings. The van der Waals surface area contributed by atoms with Crippen molar-refractivity contribution in [2.45, 2.75) is 65.5 Å². The van der Waals surface area contributed by atoms with Crippen LogP contribution in [0.15, 0.2) is 33.9 Å². The monoisotopic (exact) mass is 453 g/mol. The van der Waals surface area contributed by atoms with E-state index >= 15 is 0 Å². The van der Waals surface area contributed by atoms with E-state index in [4.69, 9.17) is 9.72 Å². The first-order valence-electron chi connectivity index (χ1n) is 12.1. The molecule has 1 atom stereocenters. The van der Waals surface area contributed by atoms with Crippen molar-refractivity contribution >= 4 is 22.8 Å². The molecule has 1 aromatic carbocycles. The summed E-state index contributed by atoms with van der Waals surface area (Å²) in [5.74, 6) is 1.82. The minimum atomic E-state index is -0.291. The number of anilines is 2. The number of fused-ring (bicyclic) bond motifs is 3. The van der Waals surface area contributed by atoms with Crippen molar-refractivity contribution in [3.8, 4) is 5.75 Å². The summed E-state index contributed by atoms with van der Waals surface area (Å²) in [6.07, 6.45) is 6.65. The zero-order valence-electron chi connectivity index (χ0n) is 20.2. The minimum Gasteiger partial charge on any atom is -0.497 e. The molecule has 0 N–H and O–H groups in total. The predicted octanol–water partition coefficient (Wildman–Crippen LogP) is 4.05. The van der Waals surface area contributed by atoms with Crippen LogP contribution in [-0.4, -0.2) is 32.3 Å². The molecular formula is C25H35N5O3. The molecule has 1 aliphatic heterocycles. The first-order chi connectivity index (χ1) is 16.0. The lowest BCUT2D eigenvalue weighted by atomic mass is 10.1. The van der Waals surface area contributed by atoms with Crippen LogP contribution in [0.2, 0.25) is 0 Å². The average Bonchev–Trinajstić information content (AvgIpc) is 3.21. The van der Waals surface area contributed by atoms with E-state index in [1.54, 1.807) is 14.2 Å².